The largest absolute Gasteiger partial charge is 0.497 e. The van der Waals surface area contributed by atoms with Gasteiger partial charge in [-0.05, 0) is 18.4 Å². The fourth-order valence-corrected chi connectivity index (χ4v) is 2.19. The van der Waals surface area contributed by atoms with Gasteiger partial charge < -0.3 is 20.5 Å². The molecule has 112 valence electrons. The molecule has 0 radical (unpaired) electrons. The molecule has 0 unspecified atom stereocenters. The number of hydrogen-bond donors (Lipinski definition) is 2. The van der Waals surface area contributed by atoms with Crippen LogP contribution in [0, 0.1) is 0 Å². The molecule has 0 saturated carbocycles. The molecule has 2 rings (SSSR count). The zero-order valence-electron chi connectivity index (χ0n) is 12.2. The Hall–Kier alpha value is -2.15. The fourth-order valence-electron chi connectivity index (χ4n) is 1.81. The van der Waals surface area contributed by atoms with Gasteiger partial charge in [0.2, 0.25) is 0 Å². The van der Waals surface area contributed by atoms with Crippen LogP contribution in [0.15, 0.2) is 29.4 Å². The molecule has 0 atom stereocenters. The Kier molecular flexibility index (Phi) is 5.10. The number of nitrogen functional groups attached to an aromatic ring is 1. The molecule has 1 aromatic carbocycles. The summed E-state index contributed by atoms with van der Waals surface area (Å²) in [5.74, 6) is 2.64. The van der Waals surface area contributed by atoms with E-state index in [-0.39, 0.29) is 0 Å². The molecule has 21 heavy (non-hydrogen) atoms. The monoisotopic (exact) mass is 306 g/mol. The van der Waals surface area contributed by atoms with Gasteiger partial charge in [0, 0.05) is 24.2 Å². The molecule has 1 aromatic heterocycles. The van der Waals surface area contributed by atoms with Gasteiger partial charge in [0.15, 0.2) is 5.16 Å². The number of thioether (sulfide) groups is 1. The zero-order valence-corrected chi connectivity index (χ0v) is 13.0. The van der Waals surface area contributed by atoms with Crippen molar-refractivity contribution in [2.45, 2.75) is 11.7 Å². The lowest BCUT2D eigenvalue weighted by molar-refractivity contribution is 0.391. The third-order valence-corrected chi connectivity index (χ3v) is 3.41. The van der Waals surface area contributed by atoms with Crippen molar-refractivity contribution >= 4 is 23.4 Å². The van der Waals surface area contributed by atoms with Gasteiger partial charge in [-0.15, -0.1) is 0 Å². The molecule has 2 aromatic rings. The maximum absolute atomic E-state index is 5.75. The van der Waals surface area contributed by atoms with Gasteiger partial charge >= 0.3 is 0 Å². The van der Waals surface area contributed by atoms with E-state index in [1.165, 1.54) is 11.8 Å². The molecule has 1 heterocycles. The van der Waals surface area contributed by atoms with Crippen LogP contribution in [0.3, 0.4) is 0 Å². The second kappa shape index (κ2) is 7.03. The number of ether oxygens (including phenoxy) is 2. The average molecular weight is 306 g/mol. The number of rotatable bonds is 6. The summed E-state index contributed by atoms with van der Waals surface area (Å²) in [6.45, 7) is 0.567. The Balaban J connectivity index is 2.14. The highest BCUT2D eigenvalue weighted by Gasteiger charge is 2.06. The third-order valence-electron chi connectivity index (χ3n) is 2.86. The van der Waals surface area contributed by atoms with Gasteiger partial charge in [-0.25, -0.2) is 9.97 Å². The normalized spacial score (nSPS) is 10.2. The molecule has 0 saturated heterocycles. The van der Waals surface area contributed by atoms with Gasteiger partial charge in [0.1, 0.15) is 23.1 Å². The Bertz CT molecular complexity index is 622. The molecule has 0 aliphatic carbocycles. The quantitative estimate of drug-likeness (QED) is 0.626. The van der Waals surface area contributed by atoms with Crippen molar-refractivity contribution in [3.05, 3.63) is 29.8 Å². The number of hydrogen-bond acceptors (Lipinski definition) is 7. The summed E-state index contributed by atoms with van der Waals surface area (Å²) in [6, 6.07) is 7.39. The van der Waals surface area contributed by atoms with Crippen LogP contribution in [0.4, 0.5) is 11.6 Å². The Labute approximate surface area is 128 Å². The smallest absolute Gasteiger partial charge is 0.191 e. The van der Waals surface area contributed by atoms with E-state index in [4.69, 9.17) is 15.2 Å². The van der Waals surface area contributed by atoms with Crippen molar-refractivity contribution in [1.29, 1.82) is 0 Å². The number of anilines is 2. The summed E-state index contributed by atoms with van der Waals surface area (Å²) in [6.07, 6.45) is 1.91. The topological polar surface area (TPSA) is 82.3 Å². The van der Waals surface area contributed by atoms with Gasteiger partial charge in [-0.3, -0.25) is 0 Å². The average Bonchev–Trinajstić information content (AvgIpc) is 2.52. The van der Waals surface area contributed by atoms with E-state index in [1.54, 1.807) is 20.3 Å². The van der Waals surface area contributed by atoms with E-state index in [9.17, 15) is 0 Å². The second-order valence-corrected chi connectivity index (χ2v) is 4.97. The van der Waals surface area contributed by atoms with Gasteiger partial charge in [-0.1, -0.05) is 11.8 Å². The Morgan fingerprint density at radius 1 is 1.19 bits per heavy atom. The van der Waals surface area contributed by atoms with Crippen LogP contribution in [0.5, 0.6) is 11.5 Å². The summed E-state index contributed by atoms with van der Waals surface area (Å²) >= 11 is 1.45. The first-order chi connectivity index (χ1) is 10.2. The van der Waals surface area contributed by atoms with E-state index in [2.05, 4.69) is 15.3 Å². The summed E-state index contributed by atoms with van der Waals surface area (Å²) in [4.78, 5) is 8.46. The van der Waals surface area contributed by atoms with Crippen LogP contribution in [0.1, 0.15) is 5.56 Å². The number of aromatic nitrogens is 2. The molecule has 0 aliphatic heterocycles. The van der Waals surface area contributed by atoms with E-state index in [0.717, 1.165) is 17.1 Å². The highest BCUT2D eigenvalue weighted by molar-refractivity contribution is 7.98. The lowest BCUT2D eigenvalue weighted by atomic mass is 10.2. The first kappa shape index (κ1) is 15.2. The minimum atomic E-state index is 0.443. The first-order valence-corrected chi connectivity index (χ1v) is 7.52. The maximum atomic E-state index is 5.75. The van der Waals surface area contributed by atoms with E-state index < -0.39 is 0 Å². The van der Waals surface area contributed by atoms with Crippen molar-refractivity contribution < 1.29 is 9.47 Å². The number of nitrogens with two attached hydrogens (primary N) is 1. The van der Waals surface area contributed by atoms with Crippen molar-refractivity contribution in [2.75, 3.05) is 31.5 Å². The van der Waals surface area contributed by atoms with E-state index >= 15 is 0 Å². The number of nitrogens with one attached hydrogen (secondary N) is 1. The number of methoxy groups -OCH3 is 2. The van der Waals surface area contributed by atoms with Gasteiger partial charge in [-0.2, -0.15) is 0 Å². The van der Waals surface area contributed by atoms with Crippen molar-refractivity contribution in [1.82, 2.24) is 9.97 Å². The predicted octanol–water partition coefficient (Wildman–Crippen LogP) is 2.41. The Morgan fingerprint density at radius 2 is 2.00 bits per heavy atom. The van der Waals surface area contributed by atoms with Gasteiger partial charge in [0.25, 0.3) is 0 Å². The lowest BCUT2D eigenvalue weighted by Crippen LogP contribution is -2.05. The van der Waals surface area contributed by atoms with Crippen LogP contribution in [-0.4, -0.2) is 30.4 Å². The van der Waals surface area contributed by atoms with E-state index in [1.807, 2.05) is 24.5 Å². The third kappa shape index (κ3) is 3.91. The maximum Gasteiger partial charge on any atom is 0.191 e. The minimum Gasteiger partial charge on any atom is -0.497 e. The van der Waals surface area contributed by atoms with Crippen molar-refractivity contribution in [3.63, 3.8) is 0 Å². The van der Waals surface area contributed by atoms with Crippen molar-refractivity contribution in [2.24, 2.45) is 0 Å². The van der Waals surface area contributed by atoms with Gasteiger partial charge in [0.05, 0.1) is 14.2 Å². The van der Waals surface area contributed by atoms with Crippen LogP contribution >= 0.6 is 11.8 Å². The molecule has 0 amide bonds. The fraction of sp³-hybridized carbons (Fsp3) is 0.286. The SMILES string of the molecule is COc1ccc(CNc2cc(N)nc(SC)n2)c(OC)c1. The lowest BCUT2D eigenvalue weighted by Gasteiger charge is -2.12. The number of benzene rings is 1. The molecule has 0 bridgehead atoms. The summed E-state index contributed by atoms with van der Waals surface area (Å²) < 4.78 is 10.5. The molecule has 0 spiro atoms. The van der Waals surface area contributed by atoms with Crippen molar-refractivity contribution in [3.8, 4) is 11.5 Å². The molecular weight excluding hydrogens is 288 g/mol. The standard InChI is InChI=1S/C14H18N4O2S/c1-19-10-5-4-9(11(6-10)20-2)8-16-13-7-12(15)17-14(18-13)21-3/h4-7H,8H2,1-3H3,(H3,15,16,17,18). The highest BCUT2D eigenvalue weighted by Crippen LogP contribution is 2.25. The van der Waals surface area contributed by atoms with Crippen LogP contribution < -0.4 is 20.5 Å². The highest BCUT2D eigenvalue weighted by atomic mass is 32.2. The number of nitrogens with zero attached hydrogens (tertiary/aromatic N) is 2. The zero-order chi connectivity index (χ0) is 15.2. The summed E-state index contributed by atoms with van der Waals surface area (Å²) in [7, 11) is 3.26. The molecule has 7 heteroatoms. The Morgan fingerprint density at radius 3 is 2.67 bits per heavy atom. The first-order valence-electron chi connectivity index (χ1n) is 6.29. The second-order valence-electron chi connectivity index (χ2n) is 4.20. The molecule has 3 N–H and O–H groups in total. The predicted molar refractivity (Wildman–Crippen MR) is 85.1 cm³/mol. The van der Waals surface area contributed by atoms with Crippen LogP contribution in [0.25, 0.3) is 0 Å². The van der Waals surface area contributed by atoms with E-state index in [0.29, 0.717) is 23.3 Å². The van der Waals surface area contributed by atoms with Crippen LogP contribution in [-0.2, 0) is 6.54 Å². The molecule has 0 aliphatic rings. The summed E-state index contributed by atoms with van der Waals surface area (Å²) in [5.41, 5.74) is 6.75. The van der Waals surface area contributed by atoms with Crippen LogP contribution in [0.2, 0.25) is 0 Å². The summed E-state index contributed by atoms with van der Waals surface area (Å²) in [5, 5.41) is 3.86. The minimum absolute atomic E-state index is 0.443. The molecule has 0 fully saturated rings. The molecular formula is C14H18N4O2S. The molecule has 6 nitrogen and oxygen atoms in total.